The third-order valence-electron chi connectivity index (χ3n) is 6.93. The van der Waals surface area contributed by atoms with Crippen molar-refractivity contribution in [3.8, 4) is 21.1 Å². The standard InChI is InChI=1S/C32H20N2O4S2/c1-37-31(35)20-8-10-27-25(15-20)33-29(39-27)19-7-6-17-12-18-4-3-5-23(24(18)14-22(17)13-19)30-34-26-16-21(32(36)38-2)9-11-28(26)40-30/h3-16H,1-2H3. The number of rotatable bonds is 4. The number of hydrogen-bond donors (Lipinski definition) is 0. The van der Waals surface area contributed by atoms with Crippen molar-refractivity contribution in [2.75, 3.05) is 14.2 Å². The third-order valence-corrected chi connectivity index (χ3v) is 9.09. The second kappa shape index (κ2) is 9.51. The largest absolute Gasteiger partial charge is 0.465 e. The van der Waals surface area contributed by atoms with Crippen LogP contribution >= 0.6 is 22.7 Å². The van der Waals surface area contributed by atoms with Gasteiger partial charge in [-0.2, -0.15) is 0 Å². The molecule has 0 bridgehead atoms. The number of esters is 2. The lowest BCUT2D eigenvalue weighted by Crippen LogP contribution is -2.00. The Morgan fingerprint density at radius 3 is 1.95 bits per heavy atom. The highest BCUT2D eigenvalue weighted by Crippen LogP contribution is 2.38. The van der Waals surface area contributed by atoms with Crippen molar-refractivity contribution in [2.45, 2.75) is 0 Å². The summed E-state index contributed by atoms with van der Waals surface area (Å²) in [7, 11) is 2.75. The number of thiazole rings is 2. The van der Waals surface area contributed by atoms with Crippen molar-refractivity contribution >= 4 is 76.6 Å². The van der Waals surface area contributed by atoms with Crippen LogP contribution in [0.15, 0.2) is 84.9 Å². The minimum atomic E-state index is -0.374. The molecule has 0 N–H and O–H groups in total. The first-order valence-corrected chi connectivity index (χ1v) is 14.1. The van der Waals surface area contributed by atoms with Crippen molar-refractivity contribution in [2.24, 2.45) is 0 Å². The SMILES string of the molecule is COC(=O)c1ccc2sc(-c3ccc4cc5cccc(-c6nc7cc(C(=O)OC)ccc7s6)c5cc4c3)nc2c1. The maximum atomic E-state index is 12.0. The Hall–Kier alpha value is -4.66. The Balaban J connectivity index is 1.33. The van der Waals surface area contributed by atoms with Crippen molar-refractivity contribution in [1.82, 2.24) is 9.97 Å². The zero-order valence-electron chi connectivity index (χ0n) is 21.4. The number of nitrogens with zero attached hydrogens (tertiary/aromatic N) is 2. The van der Waals surface area contributed by atoms with Crippen LogP contribution in [-0.4, -0.2) is 36.1 Å². The average Bonchev–Trinajstić information content (AvgIpc) is 3.62. The molecule has 2 heterocycles. The fraction of sp³-hybridized carbons (Fsp3) is 0.0625. The number of carbonyl (C=O) groups excluding carboxylic acids is 2. The zero-order valence-corrected chi connectivity index (χ0v) is 23.1. The Morgan fingerprint density at radius 1 is 0.625 bits per heavy atom. The van der Waals surface area contributed by atoms with E-state index in [4.69, 9.17) is 19.4 Å². The third kappa shape index (κ3) is 4.09. The van der Waals surface area contributed by atoms with E-state index in [9.17, 15) is 9.59 Å². The smallest absolute Gasteiger partial charge is 0.337 e. The number of methoxy groups -OCH3 is 2. The van der Waals surface area contributed by atoms with Gasteiger partial charge in [0.25, 0.3) is 0 Å². The van der Waals surface area contributed by atoms with Gasteiger partial charge in [-0.05, 0) is 76.1 Å². The maximum Gasteiger partial charge on any atom is 0.337 e. The van der Waals surface area contributed by atoms with E-state index in [-0.39, 0.29) is 11.9 Å². The molecule has 0 saturated heterocycles. The molecule has 8 heteroatoms. The molecule has 194 valence electrons. The molecule has 6 nitrogen and oxygen atoms in total. The molecule has 0 aliphatic heterocycles. The lowest BCUT2D eigenvalue weighted by atomic mass is 9.98. The molecule has 0 atom stereocenters. The molecule has 0 unspecified atom stereocenters. The quantitative estimate of drug-likeness (QED) is 0.160. The van der Waals surface area contributed by atoms with E-state index in [0.29, 0.717) is 11.1 Å². The van der Waals surface area contributed by atoms with Crippen LogP contribution in [-0.2, 0) is 9.47 Å². The average molecular weight is 561 g/mol. The van der Waals surface area contributed by atoms with Gasteiger partial charge >= 0.3 is 11.9 Å². The molecule has 0 radical (unpaired) electrons. The zero-order chi connectivity index (χ0) is 27.4. The number of ether oxygens (including phenoxy) is 2. The molecule has 2 aromatic heterocycles. The number of carbonyl (C=O) groups is 2. The van der Waals surface area contributed by atoms with Gasteiger partial charge in [0.05, 0.1) is 45.8 Å². The molecular weight excluding hydrogens is 540 g/mol. The highest BCUT2D eigenvalue weighted by Gasteiger charge is 2.15. The van der Waals surface area contributed by atoms with Gasteiger partial charge in [-0.25, -0.2) is 19.6 Å². The Kier molecular flexibility index (Phi) is 5.80. The molecule has 0 amide bonds. The van der Waals surface area contributed by atoms with Gasteiger partial charge in [0.15, 0.2) is 0 Å². The summed E-state index contributed by atoms with van der Waals surface area (Å²) in [5, 5.41) is 6.25. The van der Waals surface area contributed by atoms with E-state index < -0.39 is 0 Å². The summed E-state index contributed by atoms with van der Waals surface area (Å²) in [6.45, 7) is 0. The molecule has 0 spiro atoms. The summed E-state index contributed by atoms with van der Waals surface area (Å²) >= 11 is 3.19. The summed E-state index contributed by atoms with van der Waals surface area (Å²) in [5.41, 5.74) is 4.57. The fourth-order valence-electron chi connectivity index (χ4n) is 4.93. The van der Waals surface area contributed by atoms with Gasteiger partial charge in [0.2, 0.25) is 0 Å². The highest BCUT2D eigenvalue weighted by atomic mass is 32.1. The maximum absolute atomic E-state index is 12.0. The van der Waals surface area contributed by atoms with Crippen molar-refractivity contribution in [3.05, 3.63) is 96.1 Å². The first-order valence-electron chi connectivity index (χ1n) is 12.5. The van der Waals surface area contributed by atoms with Crippen molar-refractivity contribution in [1.29, 1.82) is 0 Å². The molecule has 7 rings (SSSR count). The lowest BCUT2D eigenvalue weighted by molar-refractivity contribution is 0.0592. The summed E-state index contributed by atoms with van der Waals surface area (Å²) in [5.74, 6) is -0.747. The minimum absolute atomic E-state index is 0.373. The van der Waals surface area contributed by atoms with E-state index in [1.807, 2.05) is 18.2 Å². The van der Waals surface area contributed by atoms with E-state index in [1.165, 1.54) is 14.2 Å². The molecule has 7 aromatic rings. The van der Waals surface area contributed by atoms with Crippen LogP contribution in [0, 0.1) is 0 Å². The van der Waals surface area contributed by atoms with Gasteiger partial charge < -0.3 is 9.47 Å². The van der Waals surface area contributed by atoms with Gasteiger partial charge in [0, 0.05) is 11.1 Å². The van der Waals surface area contributed by atoms with Crippen molar-refractivity contribution in [3.63, 3.8) is 0 Å². The normalized spacial score (nSPS) is 11.4. The van der Waals surface area contributed by atoms with Gasteiger partial charge in [-0.3, -0.25) is 0 Å². The predicted octanol–water partition coefficient (Wildman–Crippen LogP) is 8.12. The molecule has 40 heavy (non-hydrogen) atoms. The molecule has 0 aliphatic carbocycles. The van der Waals surface area contributed by atoms with Gasteiger partial charge in [0.1, 0.15) is 10.0 Å². The Bertz CT molecular complexity index is 2140. The molecule has 0 aliphatic rings. The van der Waals surface area contributed by atoms with Gasteiger partial charge in [-0.1, -0.05) is 30.3 Å². The van der Waals surface area contributed by atoms with Crippen LogP contribution in [0.3, 0.4) is 0 Å². The van der Waals surface area contributed by atoms with Crippen LogP contribution in [0.5, 0.6) is 0 Å². The summed E-state index contributed by atoms with van der Waals surface area (Å²) < 4.78 is 11.7. The Morgan fingerprint density at radius 2 is 1.27 bits per heavy atom. The topological polar surface area (TPSA) is 78.4 Å². The number of fused-ring (bicyclic) bond motifs is 4. The first kappa shape index (κ1) is 24.4. The van der Waals surface area contributed by atoms with Crippen LogP contribution < -0.4 is 0 Å². The summed E-state index contributed by atoms with van der Waals surface area (Å²) in [6, 6.07) is 27.9. The van der Waals surface area contributed by atoms with Gasteiger partial charge in [-0.15, -0.1) is 22.7 Å². The Labute approximate surface area is 236 Å². The number of benzene rings is 5. The van der Waals surface area contributed by atoms with Crippen LogP contribution in [0.25, 0.3) is 63.1 Å². The van der Waals surface area contributed by atoms with Crippen molar-refractivity contribution < 1.29 is 19.1 Å². The molecule has 0 fully saturated rings. The fourth-order valence-corrected chi connectivity index (χ4v) is 6.85. The summed E-state index contributed by atoms with van der Waals surface area (Å²) in [4.78, 5) is 33.6. The lowest BCUT2D eigenvalue weighted by Gasteiger charge is -2.08. The van der Waals surface area contributed by atoms with Crippen LogP contribution in [0.4, 0.5) is 0 Å². The molecular formula is C32H20N2O4S2. The van der Waals surface area contributed by atoms with Crippen LogP contribution in [0.2, 0.25) is 0 Å². The van der Waals surface area contributed by atoms with E-state index in [1.54, 1.807) is 46.9 Å². The second-order valence-electron chi connectivity index (χ2n) is 9.33. The predicted molar refractivity (Wildman–Crippen MR) is 161 cm³/mol. The highest BCUT2D eigenvalue weighted by molar-refractivity contribution is 7.22. The molecule has 0 saturated carbocycles. The number of hydrogen-bond acceptors (Lipinski definition) is 8. The first-order chi connectivity index (χ1) is 19.5. The molecule has 5 aromatic carbocycles. The van der Waals surface area contributed by atoms with E-state index in [0.717, 1.165) is 63.1 Å². The minimum Gasteiger partial charge on any atom is -0.465 e. The number of aromatic nitrogens is 2. The van der Waals surface area contributed by atoms with Crippen LogP contribution in [0.1, 0.15) is 20.7 Å². The monoisotopic (exact) mass is 560 g/mol. The summed E-state index contributed by atoms with van der Waals surface area (Å²) in [6.07, 6.45) is 0. The van der Waals surface area contributed by atoms with E-state index in [2.05, 4.69) is 42.5 Å². The second-order valence-corrected chi connectivity index (χ2v) is 11.4. The van der Waals surface area contributed by atoms with E-state index >= 15 is 0 Å².